The number of rotatable bonds is 2. The largest absolute Gasteiger partial charge is 0.479 e. The van der Waals surface area contributed by atoms with Gasteiger partial charge in [0.2, 0.25) is 11.4 Å². The molecule has 0 saturated heterocycles. The second-order valence-electron chi connectivity index (χ2n) is 2.95. The summed E-state index contributed by atoms with van der Waals surface area (Å²) < 4.78 is 37.2. The smallest absolute Gasteiger partial charge is 0.422 e. The zero-order valence-electron chi connectivity index (χ0n) is 7.84. The molecule has 1 unspecified atom stereocenters. The van der Waals surface area contributed by atoms with E-state index in [1.807, 2.05) is 0 Å². The molecule has 14 heavy (non-hydrogen) atoms. The van der Waals surface area contributed by atoms with Crippen LogP contribution in [0.5, 0.6) is 0 Å². The minimum atomic E-state index is -5.01. The van der Waals surface area contributed by atoms with Crippen molar-refractivity contribution in [2.45, 2.75) is 25.6 Å². The number of alkyl halides is 3. The zero-order chi connectivity index (χ0) is 11.7. The van der Waals surface area contributed by atoms with Gasteiger partial charge in [-0.05, 0) is 6.92 Å². The molecule has 0 radical (unpaired) electrons. The lowest BCUT2D eigenvalue weighted by Gasteiger charge is -2.35. The Balaban J connectivity index is 5.33. The summed E-state index contributed by atoms with van der Waals surface area (Å²) in [5.74, 6) is -3.07. The lowest BCUT2D eigenvalue weighted by molar-refractivity contribution is -0.229. The van der Waals surface area contributed by atoms with Gasteiger partial charge in [-0.1, -0.05) is 0 Å². The van der Waals surface area contributed by atoms with Crippen molar-refractivity contribution in [2.75, 3.05) is 7.05 Å². The summed E-state index contributed by atoms with van der Waals surface area (Å²) in [7, 11) is 0.796. The van der Waals surface area contributed by atoms with Crippen molar-refractivity contribution in [2.24, 2.45) is 0 Å². The van der Waals surface area contributed by atoms with Gasteiger partial charge in [-0.2, -0.15) is 13.2 Å². The fourth-order valence-corrected chi connectivity index (χ4v) is 0.770. The summed E-state index contributed by atoms with van der Waals surface area (Å²) in [5.41, 5.74) is -3.18. The van der Waals surface area contributed by atoms with Gasteiger partial charge in [0.1, 0.15) is 0 Å². The monoisotopic (exact) mass is 213 g/mol. The maximum atomic E-state index is 12.4. The molecule has 4 nitrogen and oxygen atoms in total. The third-order valence-electron chi connectivity index (χ3n) is 2.11. The summed E-state index contributed by atoms with van der Waals surface area (Å²) in [6.07, 6.45) is -5.01. The standard InChI is InChI=1S/C7H10F3NO3/c1-4(12)11(3)6(2,5(13)14)7(8,9)10/h1-3H3,(H,13,14). The lowest BCUT2D eigenvalue weighted by atomic mass is 10.00. The van der Waals surface area contributed by atoms with Crippen LogP contribution in [0.2, 0.25) is 0 Å². The fraction of sp³-hybridized carbons (Fsp3) is 0.714. The number of hydrogen-bond donors (Lipinski definition) is 1. The first-order chi connectivity index (χ1) is 6.05. The Kier molecular flexibility index (Phi) is 3.15. The molecule has 0 fully saturated rings. The first-order valence-corrected chi connectivity index (χ1v) is 3.59. The van der Waals surface area contributed by atoms with Crippen molar-refractivity contribution < 1.29 is 27.9 Å². The highest BCUT2D eigenvalue weighted by Gasteiger charge is 2.61. The van der Waals surface area contributed by atoms with E-state index in [1.165, 1.54) is 0 Å². The molecule has 0 saturated carbocycles. The van der Waals surface area contributed by atoms with Gasteiger partial charge in [-0.3, -0.25) is 4.79 Å². The third-order valence-corrected chi connectivity index (χ3v) is 2.11. The number of hydrogen-bond acceptors (Lipinski definition) is 2. The lowest BCUT2D eigenvalue weighted by Crippen LogP contribution is -2.61. The molecule has 0 rings (SSSR count). The predicted octanol–water partition coefficient (Wildman–Crippen LogP) is 0.870. The number of carbonyl (C=O) groups excluding carboxylic acids is 1. The SMILES string of the molecule is CC(=O)N(C)C(C)(C(=O)O)C(F)(F)F. The fourth-order valence-electron chi connectivity index (χ4n) is 0.770. The molecule has 82 valence electrons. The Hall–Kier alpha value is -1.27. The molecule has 0 heterocycles. The molecule has 0 spiro atoms. The van der Waals surface area contributed by atoms with Crippen molar-refractivity contribution in [1.82, 2.24) is 4.90 Å². The van der Waals surface area contributed by atoms with Gasteiger partial charge in [0.25, 0.3) is 0 Å². The molecule has 0 aromatic rings. The van der Waals surface area contributed by atoms with E-state index >= 15 is 0 Å². The molecular formula is C7H10F3NO3. The summed E-state index contributed by atoms with van der Waals surface area (Å²) in [6.45, 7) is 1.31. The number of carboxylic acid groups (broad SMARTS) is 1. The highest BCUT2D eigenvalue weighted by molar-refractivity contribution is 5.86. The van der Waals surface area contributed by atoms with Gasteiger partial charge in [0, 0.05) is 14.0 Å². The van der Waals surface area contributed by atoms with Crippen LogP contribution in [0.15, 0.2) is 0 Å². The highest BCUT2D eigenvalue weighted by Crippen LogP contribution is 2.34. The number of amides is 1. The molecule has 0 aliphatic heterocycles. The minimum Gasteiger partial charge on any atom is -0.479 e. The van der Waals surface area contributed by atoms with Crippen LogP contribution in [0.3, 0.4) is 0 Å². The van der Waals surface area contributed by atoms with Crippen LogP contribution in [0.1, 0.15) is 13.8 Å². The number of carbonyl (C=O) groups is 2. The maximum absolute atomic E-state index is 12.4. The van der Waals surface area contributed by atoms with Crippen molar-refractivity contribution in [3.05, 3.63) is 0 Å². The molecular weight excluding hydrogens is 203 g/mol. The zero-order valence-corrected chi connectivity index (χ0v) is 7.84. The van der Waals surface area contributed by atoms with Gasteiger partial charge in [0.05, 0.1) is 0 Å². The minimum absolute atomic E-state index is 0.148. The summed E-state index contributed by atoms with van der Waals surface area (Å²) in [6, 6.07) is 0. The Morgan fingerprint density at radius 3 is 1.71 bits per heavy atom. The molecule has 0 bridgehead atoms. The number of likely N-dealkylation sites (N-methyl/N-ethyl adjacent to an activating group) is 1. The van der Waals surface area contributed by atoms with Crippen molar-refractivity contribution in [3.8, 4) is 0 Å². The first kappa shape index (κ1) is 12.7. The van der Waals surface area contributed by atoms with Crippen LogP contribution in [0.4, 0.5) is 13.2 Å². The van der Waals surface area contributed by atoms with E-state index in [4.69, 9.17) is 5.11 Å². The molecule has 1 N–H and O–H groups in total. The van der Waals surface area contributed by atoms with Gasteiger partial charge in [-0.25, -0.2) is 4.79 Å². The molecule has 7 heteroatoms. The van der Waals surface area contributed by atoms with Crippen LogP contribution >= 0.6 is 0 Å². The van der Waals surface area contributed by atoms with Gasteiger partial charge in [-0.15, -0.1) is 0 Å². The Bertz CT molecular complexity index is 263. The van der Waals surface area contributed by atoms with Crippen LogP contribution in [-0.4, -0.2) is 40.6 Å². The van der Waals surface area contributed by atoms with Crippen molar-refractivity contribution >= 4 is 11.9 Å². The Morgan fingerprint density at radius 2 is 1.64 bits per heavy atom. The molecule has 0 aliphatic rings. The van der Waals surface area contributed by atoms with E-state index in [0.29, 0.717) is 6.92 Å². The summed E-state index contributed by atoms with van der Waals surface area (Å²) in [5, 5.41) is 8.47. The van der Waals surface area contributed by atoms with E-state index in [2.05, 4.69) is 0 Å². The molecule has 0 aromatic carbocycles. The topological polar surface area (TPSA) is 57.6 Å². The van der Waals surface area contributed by atoms with Crippen LogP contribution in [0, 0.1) is 0 Å². The Labute approximate surface area is 78.3 Å². The molecule has 1 atom stereocenters. The van der Waals surface area contributed by atoms with Crippen molar-refractivity contribution in [3.63, 3.8) is 0 Å². The second kappa shape index (κ2) is 3.47. The van der Waals surface area contributed by atoms with E-state index < -0.39 is 23.6 Å². The number of carboxylic acids is 1. The molecule has 1 amide bonds. The number of halogens is 3. The van der Waals surface area contributed by atoms with E-state index in [-0.39, 0.29) is 4.90 Å². The van der Waals surface area contributed by atoms with E-state index in [0.717, 1.165) is 14.0 Å². The second-order valence-corrected chi connectivity index (χ2v) is 2.95. The van der Waals surface area contributed by atoms with E-state index in [1.54, 1.807) is 0 Å². The quantitative estimate of drug-likeness (QED) is 0.740. The number of nitrogens with zero attached hydrogens (tertiary/aromatic N) is 1. The van der Waals surface area contributed by atoms with Crippen LogP contribution in [0.25, 0.3) is 0 Å². The van der Waals surface area contributed by atoms with Gasteiger partial charge < -0.3 is 10.0 Å². The van der Waals surface area contributed by atoms with E-state index in [9.17, 15) is 22.8 Å². The maximum Gasteiger partial charge on any atom is 0.422 e. The van der Waals surface area contributed by atoms with Crippen LogP contribution in [-0.2, 0) is 9.59 Å². The van der Waals surface area contributed by atoms with Crippen LogP contribution < -0.4 is 0 Å². The van der Waals surface area contributed by atoms with Crippen molar-refractivity contribution in [1.29, 1.82) is 0 Å². The van der Waals surface area contributed by atoms with Gasteiger partial charge >= 0.3 is 12.1 Å². The Morgan fingerprint density at radius 1 is 1.29 bits per heavy atom. The molecule has 0 aromatic heterocycles. The third kappa shape index (κ3) is 1.80. The highest BCUT2D eigenvalue weighted by atomic mass is 19.4. The summed E-state index contributed by atoms with van der Waals surface area (Å²) >= 11 is 0. The number of aliphatic carboxylic acids is 1. The average molecular weight is 213 g/mol. The summed E-state index contributed by atoms with van der Waals surface area (Å²) in [4.78, 5) is 21.4. The first-order valence-electron chi connectivity index (χ1n) is 3.59. The predicted molar refractivity (Wildman–Crippen MR) is 40.5 cm³/mol. The average Bonchev–Trinajstić information content (AvgIpc) is 1.98. The normalized spacial score (nSPS) is 15.9. The molecule has 0 aliphatic carbocycles. The van der Waals surface area contributed by atoms with Gasteiger partial charge in [0.15, 0.2) is 0 Å².